The maximum atomic E-state index is 7.06. The zero-order valence-electron chi connectivity index (χ0n) is 14.3. The Balaban J connectivity index is 1.50. The number of fused-ring (bicyclic) bond motifs is 1. The summed E-state index contributed by atoms with van der Waals surface area (Å²) >= 11 is 6.09. The van der Waals surface area contributed by atoms with Crippen LogP contribution < -0.4 is 4.74 Å². The largest absolute Gasteiger partial charge is 0.490 e. The average molecular weight is 365 g/mol. The van der Waals surface area contributed by atoms with E-state index in [1.54, 1.807) is 18.2 Å². The molecular formula is C21H17ClN2O2. The Bertz CT molecular complexity index is 986. The Morgan fingerprint density at radius 1 is 1.23 bits per heavy atom. The van der Waals surface area contributed by atoms with E-state index in [1.165, 1.54) is 5.56 Å². The summed E-state index contributed by atoms with van der Waals surface area (Å²) < 4.78 is 12.0. The second-order valence-electron chi connectivity index (χ2n) is 6.46. The molecule has 0 N–H and O–H groups in total. The number of hydrogen-bond acceptors (Lipinski definition) is 3. The summed E-state index contributed by atoms with van der Waals surface area (Å²) in [6, 6.07) is 13.3. The van der Waals surface area contributed by atoms with Gasteiger partial charge in [-0.1, -0.05) is 35.4 Å². The summed E-state index contributed by atoms with van der Waals surface area (Å²) in [6.45, 7) is 9.11. The van der Waals surface area contributed by atoms with E-state index in [-0.39, 0.29) is 6.10 Å². The normalized spacial score (nSPS) is 16.0. The first-order valence-corrected chi connectivity index (χ1v) is 8.89. The van der Waals surface area contributed by atoms with Crippen molar-refractivity contribution in [3.63, 3.8) is 0 Å². The highest BCUT2D eigenvalue weighted by Crippen LogP contribution is 2.32. The molecule has 26 heavy (non-hydrogen) atoms. The van der Waals surface area contributed by atoms with Gasteiger partial charge in [-0.25, -0.2) is 9.83 Å². The van der Waals surface area contributed by atoms with Crippen LogP contribution in [0.4, 0.5) is 5.69 Å². The van der Waals surface area contributed by atoms with Crippen LogP contribution in [-0.2, 0) is 12.8 Å². The highest BCUT2D eigenvalue weighted by molar-refractivity contribution is 6.33. The third-order valence-corrected chi connectivity index (χ3v) is 4.84. The molecule has 2 aromatic carbocycles. The van der Waals surface area contributed by atoms with E-state index < -0.39 is 0 Å². The van der Waals surface area contributed by atoms with Crippen molar-refractivity contribution in [2.75, 3.05) is 0 Å². The first-order chi connectivity index (χ1) is 12.6. The molecule has 0 bridgehead atoms. The third-order valence-electron chi connectivity index (χ3n) is 4.53. The lowest BCUT2D eigenvalue weighted by atomic mass is 9.99. The molecule has 3 aromatic rings. The summed E-state index contributed by atoms with van der Waals surface area (Å²) in [5.74, 6) is 2.29. The van der Waals surface area contributed by atoms with Crippen molar-refractivity contribution in [2.45, 2.75) is 32.3 Å². The molecule has 1 aliphatic rings. The molecule has 0 unspecified atom stereocenters. The highest BCUT2D eigenvalue weighted by atomic mass is 35.5. The van der Waals surface area contributed by atoms with Crippen molar-refractivity contribution < 1.29 is 9.15 Å². The summed E-state index contributed by atoms with van der Waals surface area (Å²) in [4.78, 5) is 8.04. The quantitative estimate of drug-likeness (QED) is 0.552. The molecule has 1 atom stereocenters. The van der Waals surface area contributed by atoms with Crippen molar-refractivity contribution >= 4 is 17.3 Å². The number of hydrogen-bond donors (Lipinski definition) is 0. The van der Waals surface area contributed by atoms with Crippen LogP contribution in [-0.4, -0.2) is 11.1 Å². The van der Waals surface area contributed by atoms with Crippen LogP contribution in [0.1, 0.15) is 23.4 Å². The molecule has 0 saturated carbocycles. The summed E-state index contributed by atoms with van der Waals surface area (Å²) in [5, 5.41) is 0.414. The Hall–Kier alpha value is -2.77. The fourth-order valence-electron chi connectivity index (χ4n) is 3.11. The molecule has 4 nitrogen and oxygen atoms in total. The van der Waals surface area contributed by atoms with Crippen LogP contribution >= 0.6 is 11.6 Å². The molecular weight excluding hydrogens is 348 g/mol. The molecule has 0 saturated heterocycles. The molecule has 4 rings (SSSR count). The van der Waals surface area contributed by atoms with Crippen molar-refractivity contribution in [1.82, 2.24) is 4.98 Å². The van der Waals surface area contributed by atoms with E-state index >= 15 is 0 Å². The van der Waals surface area contributed by atoms with Gasteiger partial charge in [-0.05, 0) is 37.6 Å². The van der Waals surface area contributed by atoms with Gasteiger partial charge in [0.15, 0.2) is 0 Å². The van der Waals surface area contributed by atoms with Crippen LogP contribution in [0.5, 0.6) is 5.75 Å². The number of aromatic nitrogens is 1. The van der Waals surface area contributed by atoms with Crippen LogP contribution in [0, 0.1) is 13.5 Å². The average Bonchev–Trinajstić information content (AvgIpc) is 3.06. The van der Waals surface area contributed by atoms with E-state index in [0.717, 1.165) is 29.9 Å². The zero-order chi connectivity index (χ0) is 18.1. The molecule has 5 heteroatoms. The molecule has 1 aliphatic carbocycles. The van der Waals surface area contributed by atoms with Crippen LogP contribution in [0.25, 0.3) is 16.3 Å². The third kappa shape index (κ3) is 3.31. The zero-order valence-corrected chi connectivity index (χ0v) is 15.1. The van der Waals surface area contributed by atoms with Gasteiger partial charge in [-0.3, -0.25) is 0 Å². The van der Waals surface area contributed by atoms with Crippen LogP contribution in [0.3, 0.4) is 0 Å². The molecule has 1 aromatic heterocycles. The van der Waals surface area contributed by atoms with E-state index in [1.807, 2.05) is 12.1 Å². The van der Waals surface area contributed by atoms with E-state index in [9.17, 15) is 0 Å². The van der Waals surface area contributed by atoms with Gasteiger partial charge < -0.3 is 9.15 Å². The molecule has 0 fully saturated rings. The van der Waals surface area contributed by atoms with Gasteiger partial charge in [0.05, 0.1) is 17.3 Å². The number of aryl methyl sites for hydroxylation is 2. The molecule has 130 valence electrons. The smallest absolute Gasteiger partial charge is 0.226 e. The lowest BCUT2D eigenvalue weighted by Crippen LogP contribution is -2.25. The maximum Gasteiger partial charge on any atom is 0.226 e. The monoisotopic (exact) mass is 364 g/mol. The first kappa shape index (κ1) is 16.7. The fraction of sp³-hybridized carbons (Fsp3) is 0.238. The van der Waals surface area contributed by atoms with E-state index in [2.05, 4.69) is 28.9 Å². The van der Waals surface area contributed by atoms with Crippen molar-refractivity contribution in [2.24, 2.45) is 0 Å². The minimum absolute atomic E-state index is 0.0216. The minimum Gasteiger partial charge on any atom is -0.490 e. The molecule has 0 spiro atoms. The van der Waals surface area contributed by atoms with Gasteiger partial charge in [0, 0.05) is 18.4 Å². The van der Waals surface area contributed by atoms with Crippen molar-refractivity contribution in [1.29, 1.82) is 0 Å². The van der Waals surface area contributed by atoms with E-state index in [4.69, 9.17) is 27.3 Å². The van der Waals surface area contributed by atoms with Gasteiger partial charge in [0.1, 0.15) is 17.6 Å². The molecule has 0 amide bonds. The van der Waals surface area contributed by atoms with Gasteiger partial charge in [0.25, 0.3) is 0 Å². The first-order valence-electron chi connectivity index (χ1n) is 8.51. The Morgan fingerprint density at radius 3 is 2.77 bits per heavy atom. The second kappa shape index (κ2) is 6.86. The lowest BCUT2D eigenvalue weighted by Gasteiger charge is -2.22. The predicted molar refractivity (Wildman–Crippen MR) is 101 cm³/mol. The van der Waals surface area contributed by atoms with Gasteiger partial charge in [-0.2, -0.15) is 0 Å². The van der Waals surface area contributed by atoms with Crippen LogP contribution in [0.2, 0.25) is 5.02 Å². The summed E-state index contributed by atoms with van der Waals surface area (Å²) in [5.41, 5.74) is 3.59. The van der Waals surface area contributed by atoms with Crippen molar-refractivity contribution in [3.8, 4) is 17.2 Å². The topological polar surface area (TPSA) is 39.6 Å². The lowest BCUT2D eigenvalue weighted by molar-refractivity contribution is 0.179. The van der Waals surface area contributed by atoms with E-state index in [0.29, 0.717) is 28.8 Å². The number of oxazole rings is 1. The number of nitrogens with zero attached hydrogens (tertiary/aromatic N) is 2. The Kier molecular flexibility index (Phi) is 4.40. The maximum absolute atomic E-state index is 7.06. The number of halogens is 1. The number of ether oxygens (including phenoxy) is 1. The predicted octanol–water partition coefficient (Wildman–Crippen LogP) is 5.79. The van der Waals surface area contributed by atoms with Crippen molar-refractivity contribution in [3.05, 3.63) is 75.9 Å². The molecule has 0 aliphatic heterocycles. The fourth-order valence-corrected chi connectivity index (χ4v) is 3.32. The Morgan fingerprint density at radius 2 is 2.04 bits per heavy atom. The molecule has 1 heterocycles. The second-order valence-corrected chi connectivity index (χ2v) is 6.87. The summed E-state index contributed by atoms with van der Waals surface area (Å²) in [7, 11) is 0. The van der Waals surface area contributed by atoms with Gasteiger partial charge in [-0.15, -0.1) is 0 Å². The Labute approximate surface area is 157 Å². The minimum atomic E-state index is 0.0216. The number of rotatable bonds is 3. The van der Waals surface area contributed by atoms with Gasteiger partial charge >= 0.3 is 0 Å². The standard InChI is InChI=1S/C21H17ClN2O2/c1-13-3-5-14(6-4-13)21-24-19-12-16(8-10-20(19)26-21)25-15-7-9-18(23-2)17(22)11-15/h3-7,9,11,16H,8,10,12H2,1H3/t16-/m1/s1. The van der Waals surface area contributed by atoms with Crippen LogP contribution in [0.15, 0.2) is 46.9 Å². The number of benzene rings is 2. The SMILES string of the molecule is [C-]#[N+]c1ccc(O[C@@H]2CCc3oc(-c4ccc(C)cc4)nc3C2)cc1Cl. The molecule has 0 radical (unpaired) electrons. The highest BCUT2D eigenvalue weighted by Gasteiger charge is 2.26. The van der Waals surface area contributed by atoms with Gasteiger partial charge in [0.2, 0.25) is 11.6 Å². The summed E-state index contributed by atoms with van der Waals surface area (Å²) in [6.07, 6.45) is 2.38.